The van der Waals surface area contributed by atoms with Crippen LogP contribution in [0.25, 0.3) is 6.08 Å². The van der Waals surface area contributed by atoms with Crippen LogP contribution < -0.4 is 4.74 Å². The first-order chi connectivity index (χ1) is 8.16. The maximum absolute atomic E-state index is 5.64. The Balaban J connectivity index is 2.57. The number of allylic oxidation sites excluding steroid dienone is 1. The number of hydrogen-bond donors (Lipinski definition) is 0. The van der Waals surface area contributed by atoms with Crippen molar-refractivity contribution in [2.75, 3.05) is 7.11 Å². The molecule has 92 valence electrons. The van der Waals surface area contributed by atoms with E-state index in [0.29, 0.717) is 5.41 Å². The fraction of sp³-hybridized carbons (Fsp3) is 0.467. The second-order valence-electron chi connectivity index (χ2n) is 4.71. The summed E-state index contributed by atoms with van der Waals surface area (Å²) in [5, 5.41) is 0. The summed E-state index contributed by atoms with van der Waals surface area (Å²) in [4.78, 5) is 0. The Morgan fingerprint density at radius 1 is 1.41 bits per heavy atom. The fourth-order valence-electron chi connectivity index (χ4n) is 2.50. The van der Waals surface area contributed by atoms with E-state index in [1.807, 2.05) is 6.92 Å². The zero-order valence-corrected chi connectivity index (χ0v) is 12.3. The Bertz CT molecular complexity index is 444. The molecule has 17 heavy (non-hydrogen) atoms. The minimum Gasteiger partial charge on any atom is -0.496 e. The van der Waals surface area contributed by atoms with Gasteiger partial charge in [-0.05, 0) is 43.7 Å². The van der Waals surface area contributed by atoms with Crippen LogP contribution in [0, 0.1) is 0 Å². The third-order valence-corrected chi connectivity index (χ3v) is 4.19. The molecule has 0 radical (unpaired) electrons. The molecule has 1 fully saturated rings. The van der Waals surface area contributed by atoms with Crippen LogP contribution in [0.3, 0.4) is 0 Å². The van der Waals surface area contributed by atoms with Crippen molar-refractivity contribution in [3.63, 3.8) is 0 Å². The van der Waals surface area contributed by atoms with E-state index in [2.05, 4.69) is 47.1 Å². The summed E-state index contributed by atoms with van der Waals surface area (Å²) >= 11 is 3.61. The highest BCUT2D eigenvalue weighted by Crippen LogP contribution is 2.55. The second kappa shape index (κ2) is 4.85. The van der Waals surface area contributed by atoms with Crippen LogP contribution in [0.1, 0.15) is 44.2 Å². The minimum atomic E-state index is 0.367. The van der Waals surface area contributed by atoms with Gasteiger partial charge in [-0.15, -0.1) is 0 Å². The summed E-state index contributed by atoms with van der Waals surface area (Å²) in [5.41, 5.74) is 2.90. The van der Waals surface area contributed by atoms with Gasteiger partial charge in [-0.3, -0.25) is 0 Å². The zero-order valence-electron chi connectivity index (χ0n) is 10.7. The molecule has 2 rings (SSSR count). The predicted molar refractivity (Wildman–Crippen MR) is 76.6 cm³/mol. The van der Waals surface area contributed by atoms with E-state index in [0.717, 1.165) is 10.2 Å². The van der Waals surface area contributed by atoms with Gasteiger partial charge in [0, 0.05) is 15.6 Å². The molecule has 1 aliphatic rings. The third-order valence-electron chi connectivity index (χ3n) is 3.73. The first-order valence-corrected chi connectivity index (χ1v) is 6.97. The highest BCUT2D eigenvalue weighted by molar-refractivity contribution is 9.10. The molecule has 0 aliphatic heterocycles. The molecule has 0 heterocycles. The molecular formula is C15H19BrO. The lowest BCUT2D eigenvalue weighted by Gasteiger charge is -2.19. The highest BCUT2D eigenvalue weighted by Gasteiger charge is 2.44. The monoisotopic (exact) mass is 294 g/mol. The van der Waals surface area contributed by atoms with Crippen molar-refractivity contribution < 1.29 is 4.74 Å². The normalized spacial score (nSPS) is 17.4. The van der Waals surface area contributed by atoms with Crippen molar-refractivity contribution in [1.82, 2.24) is 0 Å². The van der Waals surface area contributed by atoms with Crippen molar-refractivity contribution in [3.05, 3.63) is 33.8 Å². The molecule has 1 aromatic carbocycles. The lowest BCUT2D eigenvalue weighted by atomic mass is 9.90. The van der Waals surface area contributed by atoms with Gasteiger partial charge >= 0.3 is 0 Å². The molecule has 0 bridgehead atoms. The Kier molecular flexibility index (Phi) is 3.62. The standard InChI is InChI=1S/C15H19BrO/c1-4-6-11-9-12(16)10-13(14(11)17-3)15(5-2)7-8-15/h4,6,9-10H,5,7-8H2,1-3H3/b6-4+. The average Bonchev–Trinajstić information content (AvgIpc) is 3.09. The molecule has 0 amide bonds. The van der Waals surface area contributed by atoms with Crippen LogP contribution in [0.2, 0.25) is 0 Å². The van der Waals surface area contributed by atoms with Gasteiger partial charge in [0.2, 0.25) is 0 Å². The summed E-state index contributed by atoms with van der Waals surface area (Å²) in [6.07, 6.45) is 7.92. The SMILES string of the molecule is C/C=C/c1cc(Br)cc(C2(CC)CC2)c1OC. The van der Waals surface area contributed by atoms with Crippen LogP contribution in [0.5, 0.6) is 5.75 Å². The third kappa shape index (κ3) is 2.28. The second-order valence-corrected chi connectivity index (χ2v) is 5.63. The fourth-order valence-corrected chi connectivity index (χ4v) is 2.98. The average molecular weight is 295 g/mol. The zero-order chi connectivity index (χ0) is 12.5. The van der Waals surface area contributed by atoms with Gasteiger partial charge in [0.25, 0.3) is 0 Å². The van der Waals surface area contributed by atoms with Crippen LogP contribution in [0.15, 0.2) is 22.7 Å². The molecule has 2 heteroatoms. The molecule has 1 saturated carbocycles. The predicted octanol–water partition coefficient (Wildman–Crippen LogP) is 4.93. The first-order valence-electron chi connectivity index (χ1n) is 6.17. The number of halogens is 1. The van der Waals surface area contributed by atoms with Crippen LogP contribution in [0.4, 0.5) is 0 Å². The van der Waals surface area contributed by atoms with Crippen LogP contribution in [-0.2, 0) is 5.41 Å². The van der Waals surface area contributed by atoms with Gasteiger partial charge in [0.15, 0.2) is 0 Å². The molecule has 1 aliphatic carbocycles. The number of ether oxygens (including phenoxy) is 1. The van der Waals surface area contributed by atoms with Crippen molar-refractivity contribution in [2.45, 2.75) is 38.5 Å². The van der Waals surface area contributed by atoms with Gasteiger partial charge in [0.1, 0.15) is 5.75 Å². The van der Waals surface area contributed by atoms with E-state index in [-0.39, 0.29) is 0 Å². The Morgan fingerprint density at radius 3 is 2.59 bits per heavy atom. The molecule has 1 aromatic rings. The number of hydrogen-bond acceptors (Lipinski definition) is 1. The van der Waals surface area contributed by atoms with Gasteiger partial charge in [0.05, 0.1) is 7.11 Å². The summed E-state index contributed by atoms with van der Waals surface area (Å²) < 4.78 is 6.78. The van der Waals surface area contributed by atoms with Crippen LogP contribution >= 0.6 is 15.9 Å². The van der Waals surface area contributed by atoms with Crippen molar-refractivity contribution in [3.8, 4) is 5.75 Å². The molecule has 0 spiro atoms. The number of methoxy groups -OCH3 is 1. The minimum absolute atomic E-state index is 0.367. The largest absolute Gasteiger partial charge is 0.496 e. The maximum atomic E-state index is 5.64. The Labute approximate surface area is 112 Å². The van der Waals surface area contributed by atoms with E-state index in [9.17, 15) is 0 Å². The molecule has 1 nitrogen and oxygen atoms in total. The Hall–Kier alpha value is -0.760. The van der Waals surface area contributed by atoms with Gasteiger partial charge in [-0.25, -0.2) is 0 Å². The maximum Gasteiger partial charge on any atom is 0.129 e. The molecule has 0 atom stereocenters. The summed E-state index contributed by atoms with van der Waals surface area (Å²) in [6.45, 7) is 4.30. The van der Waals surface area contributed by atoms with Crippen molar-refractivity contribution in [2.24, 2.45) is 0 Å². The molecular weight excluding hydrogens is 276 g/mol. The van der Waals surface area contributed by atoms with Gasteiger partial charge < -0.3 is 4.74 Å². The van der Waals surface area contributed by atoms with Crippen molar-refractivity contribution in [1.29, 1.82) is 0 Å². The van der Waals surface area contributed by atoms with Crippen LogP contribution in [-0.4, -0.2) is 7.11 Å². The summed E-state index contributed by atoms with van der Waals surface area (Å²) in [6, 6.07) is 4.34. The molecule has 0 saturated heterocycles. The van der Waals surface area contributed by atoms with Gasteiger partial charge in [-0.1, -0.05) is 35.0 Å². The van der Waals surface area contributed by atoms with E-state index in [1.54, 1.807) is 7.11 Å². The van der Waals surface area contributed by atoms with Crippen molar-refractivity contribution >= 4 is 22.0 Å². The van der Waals surface area contributed by atoms with E-state index in [1.165, 1.54) is 30.4 Å². The van der Waals surface area contributed by atoms with Gasteiger partial charge in [-0.2, -0.15) is 0 Å². The van der Waals surface area contributed by atoms with E-state index in [4.69, 9.17) is 4.74 Å². The topological polar surface area (TPSA) is 9.23 Å². The molecule has 0 aromatic heterocycles. The Morgan fingerprint density at radius 2 is 2.12 bits per heavy atom. The highest BCUT2D eigenvalue weighted by atomic mass is 79.9. The molecule has 0 N–H and O–H groups in total. The lowest BCUT2D eigenvalue weighted by Crippen LogP contribution is -2.08. The smallest absolute Gasteiger partial charge is 0.129 e. The first kappa shape index (κ1) is 12.7. The lowest BCUT2D eigenvalue weighted by molar-refractivity contribution is 0.401. The quantitative estimate of drug-likeness (QED) is 0.765. The van der Waals surface area contributed by atoms with E-state index >= 15 is 0 Å². The summed E-state index contributed by atoms with van der Waals surface area (Å²) in [7, 11) is 1.77. The number of benzene rings is 1. The number of rotatable bonds is 4. The summed E-state index contributed by atoms with van der Waals surface area (Å²) in [5.74, 6) is 1.05. The van der Waals surface area contributed by atoms with E-state index < -0.39 is 0 Å². The molecule has 0 unspecified atom stereocenters.